The second-order valence-corrected chi connectivity index (χ2v) is 9.49. The fourth-order valence-corrected chi connectivity index (χ4v) is 5.34. The van der Waals surface area contributed by atoms with Gasteiger partial charge in [0.25, 0.3) is 5.91 Å². The maximum atomic E-state index is 12.7. The summed E-state index contributed by atoms with van der Waals surface area (Å²) < 4.78 is 27.9. The van der Waals surface area contributed by atoms with Crippen LogP contribution in [0.2, 0.25) is 0 Å². The number of aryl methyl sites for hydroxylation is 1. The molecule has 0 unspecified atom stereocenters. The summed E-state index contributed by atoms with van der Waals surface area (Å²) in [6, 6.07) is 16.5. The lowest BCUT2D eigenvalue weighted by atomic mass is 10.1. The van der Waals surface area contributed by atoms with Crippen molar-refractivity contribution in [1.29, 1.82) is 0 Å². The van der Waals surface area contributed by atoms with Gasteiger partial charge in [-0.25, -0.2) is 8.42 Å². The van der Waals surface area contributed by atoms with Crippen molar-refractivity contribution in [2.45, 2.75) is 19.1 Å². The van der Waals surface area contributed by atoms with Gasteiger partial charge < -0.3 is 4.90 Å². The van der Waals surface area contributed by atoms with E-state index >= 15 is 0 Å². The van der Waals surface area contributed by atoms with Gasteiger partial charge >= 0.3 is 0 Å². The van der Waals surface area contributed by atoms with Crippen LogP contribution in [0.15, 0.2) is 60.0 Å². The van der Waals surface area contributed by atoms with Gasteiger partial charge in [0.1, 0.15) is 0 Å². The number of amides is 1. The minimum absolute atomic E-state index is 0.0475. The maximum Gasteiger partial charge on any atom is 0.268 e. The molecule has 1 N–H and O–H groups in total. The molecule has 0 bridgehead atoms. The fourth-order valence-electron chi connectivity index (χ4n) is 3.38. The number of thiophene rings is 1. The Hall–Kier alpha value is -2.64. The molecule has 0 radical (unpaired) electrons. The van der Waals surface area contributed by atoms with Gasteiger partial charge in [-0.3, -0.25) is 9.52 Å². The Balaban J connectivity index is 1.56. The fraction of sp³-hybridized carbons (Fsp3) is 0.190. The van der Waals surface area contributed by atoms with E-state index in [1.165, 1.54) is 11.3 Å². The summed E-state index contributed by atoms with van der Waals surface area (Å²) in [4.78, 5) is 15.1. The van der Waals surface area contributed by atoms with Crippen molar-refractivity contribution in [1.82, 2.24) is 0 Å². The Kier molecular flexibility index (Phi) is 4.95. The van der Waals surface area contributed by atoms with Crippen LogP contribution >= 0.6 is 11.3 Å². The summed E-state index contributed by atoms with van der Waals surface area (Å²) in [6.45, 7) is 2.50. The first-order valence-electron chi connectivity index (χ1n) is 8.96. The molecular formula is C21H20N2O3S2. The zero-order chi connectivity index (χ0) is 19.7. The highest BCUT2D eigenvalue weighted by atomic mass is 32.2. The molecular weight excluding hydrogens is 392 g/mol. The van der Waals surface area contributed by atoms with Crippen LogP contribution in [0.3, 0.4) is 0 Å². The smallest absolute Gasteiger partial charge is 0.268 e. The Morgan fingerprint density at radius 3 is 2.71 bits per heavy atom. The number of hydrogen-bond acceptors (Lipinski definition) is 4. The van der Waals surface area contributed by atoms with Crippen molar-refractivity contribution in [2.24, 2.45) is 0 Å². The van der Waals surface area contributed by atoms with Gasteiger partial charge in [-0.2, -0.15) is 0 Å². The third-order valence-electron chi connectivity index (χ3n) is 4.84. The molecule has 0 saturated heterocycles. The summed E-state index contributed by atoms with van der Waals surface area (Å²) in [6.07, 6.45) is 0.767. The third-order valence-corrected chi connectivity index (χ3v) is 6.93. The standard InChI is InChI=1S/C21H20N2O3S2/c1-15-5-2-3-6-17(15)14-28(25,26)22-18-9-8-16-10-11-23(19(16)13-18)21(24)20-7-4-12-27-20/h2-9,12-13,22H,10-11,14H2,1H3. The number of nitrogens with one attached hydrogen (secondary N) is 1. The topological polar surface area (TPSA) is 66.5 Å². The first kappa shape index (κ1) is 18.7. The molecule has 1 amide bonds. The van der Waals surface area contributed by atoms with Crippen LogP contribution in [0.25, 0.3) is 0 Å². The number of sulfonamides is 1. The molecule has 4 rings (SSSR count). The van der Waals surface area contributed by atoms with Gasteiger partial charge in [-0.15, -0.1) is 11.3 Å². The van der Waals surface area contributed by atoms with E-state index in [4.69, 9.17) is 0 Å². The zero-order valence-electron chi connectivity index (χ0n) is 15.4. The number of anilines is 2. The number of hydrogen-bond donors (Lipinski definition) is 1. The number of rotatable bonds is 5. The quantitative estimate of drug-likeness (QED) is 0.683. The van der Waals surface area contributed by atoms with Crippen LogP contribution < -0.4 is 9.62 Å². The average Bonchev–Trinajstić information content (AvgIpc) is 3.32. The molecule has 28 heavy (non-hydrogen) atoms. The second kappa shape index (κ2) is 7.41. The van der Waals surface area contributed by atoms with E-state index < -0.39 is 10.0 Å². The predicted octanol–water partition coefficient (Wildman–Crippen LogP) is 4.20. The summed E-state index contributed by atoms with van der Waals surface area (Å²) in [5.41, 5.74) is 4.00. The molecule has 0 saturated carbocycles. The molecule has 7 heteroatoms. The van der Waals surface area contributed by atoms with E-state index in [9.17, 15) is 13.2 Å². The third kappa shape index (κ3) is 3.81. The van der Waals surface area contributed by atoms with E-state index in [1.807, 2.05) is 48.7 Å². The van der Waals surface area contributed by atoms with Gasteiger partial charge in [-0.1, -0.05) is 36.4 Å². The van der Waals surface area contributed by atoms with Crippen LogP contribution in [0, 0.1) is 6.92 Å². The van der Waals surface area contributed by atoms with Gasteiger partial charge in [0, 0.05) is 12.2 Å². The highest BCUT2D eigenvalue weighted by molar-refractivity contribution is 7.91. The Morgan fingerprint density at radius 2 is 1.96 bits per heavy atom. The van der Waals surface area contributed by atoms with Crippen molar-refractivity contribution in [3.8, 4) is 0 Å². The molecule has 0 fully saturated rings. The largest absolute Gasteiger partial charge is 0.307 e. The number of nitrogens with zero attached hydrogens (tertiary/aromatic N) is 1. The monoisotopic (exact) mass is 412 g/mol. The van der Waals surface area contributed by atoms with Crippen molar-refractivity contribution >= 4 is 38.6 Å². The van der Waals surface area contributed by atoms with Gasteiger partial charge in [-0.05, 0) is 53.6 Å². The molecule has 1 aliphatic rings. The first-order valence-corrected chi connectivity index (χ1v) is 11.5. The zero-order valence-corrected chi connectivity index (χ0v) is 17.0. The summed E-state index contributed by atoms with van der Waals surface area (Å²) in [5, 5.41) is 1.88. The van der Waals surface area contributed by atoms with E-state index in [2.05, 4.69) is 4.72 Å². The SMILES string of the molecule is Cc1ccccc1CS(=O)(=O)Nc1ccc2c(c1)N(C(=O)c1cccs1)CC2. The summed E-state index contributed by atoms with van der Waals surface area (Å²) in [7, 11) is -3.56. The molecule has 0 atom stereocenters. The number of benzene rings is 2. The van der Waals surface area contributed by atoms with Gasteiger partial charge in [0.2, 0.25) is 10.0 Å². The number of fused-ring (bicyclic) bond motifs is 1. The molecule has 144 valence electrons. The molecule has 1 aliphatic heterocycles. The van der Waals surface area contributed by atoms with Crippen molar-refractivity contribution < 1.29 is 13.2 Å². The lowest BCUT2D eigenvalue weighted by molar-refractivity contribution is 0.0993. The molecule has 2 heterocycles. The Bertz CT molecular complexity index is 1120. The number of carbonyl (C=O) groups excluding carboxylic acids is 1. The average molecular weight is 413 g/mol. The molecule has 0 aliphatic carbocycles. The highest BCUT2D eigenvalue weighted by Crippen LogP contribution is 2.33. The minimum Gasteiger partial charge on any atom is -0.307 e. The van der Waals surface area contributed by atoms with Crippen LogP contribution in [0.4, 0.5) is 11.4 Å². The molecule has 1 aromatic heterocycles. The lowest BCUT2D eigenvalue weighted by Gasteiger charge is -2.17. The predicted molar refractivity (Wildman–Crippen MR) is 114 cm³/mol. The highest BCUT2D eigenvalue weighted by Gasteiger charge is 2.27. The first-order chi connectivity index (χ1) is 13.4. The molecule has 2 aromatic carbocycles. The van der Waals surface area contributed by atoms with Crippen molar-refractivity contribution in [3.05, 3.63) is 81.5 Å². The molecule has 0 spiro atoms. The van der Waals surface area contributed by atoms with E-state index in [0.29, 0.717) is 17.1 Å². The molecule has 5 nitrogen and oxygen atoms in total. The van der Waals surface area contributed by atoms with Crippen molar-refractivity contribution in [2.75, 3.05) is 16.2 Å². The Labute approximate surface area is 168 Å². The molecule has 3 aromatic rings. The summed E-state index contributed by atoms with van der Waals surface area (Å²) >= 11 is 1.41. The van der Waals surface area contributed by atoms with Gasteiger partial charge in [0.15, 0.2) is 0 Å². The van der Waals surface area contributed by atoms with Crippen LogP contribution in [-0.2, 0) is 22.2 Å². The minimum atomic E-state index is -3.56. The van der Waals surface area contributed by atoms with E-state index in [-0.39, 0.29) is 11.7 Å². The number of carbonyl (C=O) groups is 1. The Morgan fingerprint density at radius 1 is 1.14 bits per heavy atom. The lowest BCUT2D eigenvalue weighted by Crippen LogP contribution is -2.28. The maximum absolute atomic E-state index is 12.7. The van der Waals surface area contributed by atoms with Gasteiger partial charge in [0.05, 0.1) is 16.3 Å². The van der Waals surface area contributed by atoms with E-state index in [0.717, 1.165) is 28.8 Å². The second-order valence-electron chi connectivity index (χ2n) is 6.82. The van der Waals surface area contributed by atoms with Crippen LogP contribution in [0.1, 0.15) is 26.4 Å². The van der Waals surface area contributed by atoms with Crippen molar-refractivity contribution in [3.63, 3.8) is 0 Å². The van der Waals surface area contributed by atoms with Crippen LogP contribution in [-0.4, -0.2) is 20.9 Å². The normalized spacial score (nSPS) is 13.4. The van der Waals surface area contributed by atoms with E-state index in [1.54, 1.807) is 23.1 Å². The summed E-state index contributed by atoms with van der Waals surface area (Å²) in [5.74, 6) is -0.136. The van der Waals surface area contributed by atoms with Crippen LogP contribution in [0.5, 0.6) is 0 Å².